The Kier molecular flexibility index (Phi) is 6.68. The molecule has 1 aromatic heterocycles. The highest BCUT2D eigenvalue weighted by atomic mass is 35.5. The molecule has 2 aromatic rings. The summed E-state index contributed by atoms with van der Waals surface area (Å²) in [6, 6.07) is 11.2. The molecule has 28 heavy (non-hydrogen) atoms. The van der Waals surface area contributed by atoms with Gasteiger partial charge in [0.05, 0.1) is 12.0 Å². The van der Waals surface area contributed by atoms with Gasteiger partial charge < -0.3 is 9.80 Å². The van der Waals surface area contributed by atoms with E-state index in [-0.39, 0.29) is 23.8 Å². The number of piperidine rings is 1. The Balaban J connectivity index is 1.80. The number of carbonyl (C=O) groups is 2. The summed E-state index contributed by atoms with van der Waals surface area (Å²) in [6.07, 6.45) is 5.26. The van der Waals surface area contributed by atoms with Crippen LogP contribution >= 0.6 is 11.6 Å². The van der Waals surface area contributed by atoms with Crippen molar-refractivity contribution >= 4 is 23.4 Å². The summed E-state index contributed by atoms with van der Waals surface area (Å²) in [6.45, 7) is 3.15. The molecule has 2 amide bonds. The Hall–Kier alpha value is -2.40. The largest absolute Gasteiger partial charge is 0.345 e. The molecule has 2 heterocycles. The van der Waals surface area contributed by atoms with Gasteiger partial charge in [-0.2, -0.15) is 0 Å². The van der Waals surface area contributed by atoms with Crippen LogP contribution in [0.25, 0.3) is 0 Å². The second kappa shape index (κ2) is 9.20. The third kappa shape index (κ3) is 4.53. The Labute approximate surface area is 171 Å². The molecule has 3 rings (SSSR count). The predicted molar refractivity (Wildman–Crippen MR) is 110 cm³/mol. The molecule has 0 radical (unpaired) electrons. The molecule has 0 bridgehead atoms. The van der Waals surface area contributed by atoms with Crippen LogP contribution in [0.15, 0.2) is 48.8 Å². The standard InChI is InChI=1S/C22H26ClN3O2/c1-3-26-20(27)8-7-19(21(26)17-5-4-6-18(23)15-17)22(28)25(2)14-11-16-9-12-24-13-10-16/h4-6,9-10,12-13,15,19,21H,3,7-8,11,14H2,1-2H3/t19-,21+/m1/s1. The number of likely N-dealkylation sites (tertiary alicyclic amines) is 1. The van der Waals surface area contributed by atoms with Gasteiger partial charge in [-0.3, -0.25) is 14.6 Å². The number of carbonyl (C=O) groups excluding carboxylic acids is 2. The van der Waals surface area contributed by atoms with Crippen LogP contribution < -0.4 is 0 Å². The minimum atomic E-state index is -0.277. The lowest BCUT2D eigenvalue weighted by molar-refractivity contribution is -0.147. The fourth-order valence-electron chi connectivity index (χ4n) is 3.93. The van der Waals surface area contributed by atoms with Crippen LogP contribution in [0.4, 0.5) is 0 Å². The highest BCUT2D eigenvalue weighted by Crippen LogP contribution is 2.38. The van der Waals surface area contributed by atoms with Crippen LogP contribution in [0.2, 0.25) is 5.02 Å². The number of amides is 2. The molecule has 0 spiro atoms. The number of rotatable bonds is 6. The highest BCUT2D eigenvalue weighted by Gasteiger charge is 2.40. The average molecular weight is 400 g/mol. The second-order valence-electron chi connectivity index (χ2n) is 7.19. The summed E-state index contributed by atoms with van der Waals surface area (Å²) in [5.74, 6) is -0.0977. The number of nitrogens with zero attached hydrogens (tertiary/aromatic N) is 3. The van der Waals surface area contributed by atoms with Gasteiger partial charge >= 0.3 is 0 Å². The average Bonchev–Trinajstić information content (AvgIpc) is 2.72. The van der Waals surface area contributed by atoms with E-state index in [0.29, 0.717) is 31.0 Å². The van der Waals surface area contributed by atoms with Crippen molar-refractivity contribution in [2.75, 3.05) is 20.1 Å². The molecule has 0 unspecified atom stereocenters. The van der Waals surface area contributed by atoms with E-state index in [1.54, 1.807) is 17.3 Å². The van der Waals surface area contributed by atoms with Crippen molar-refractivity contribution in [3.63, 3.8) is 0 Å². The lowest BCUT2D eigenvalue weighted by Gasteiger charge is -2.41. The lowest BCUT2D eigenvalue weighted by Crippen LogP contribution is -2.48. The van der Waals surface area contributed by atoms with Gasteiger partial charge in [-0.15, -0.1) is 0 Å². The smallest absolute Gasteiger partial charge is 0.227 e. The normalized spacial score (nSPS) is 19.5. The molecular formula is C22H26ClN3O2. The van der Waals surface area contributed by atoms with E-state index >= 15 is 0 Å². The van der Waals surface area contributed by atoms with Crippen LogP contribution in [0, 0.1) is 5.92 Å². The number of likely N-dealkylation sites (N-methyl/N-ethyl adjacent to an activating group) is 1. The molecule has 2 atom stereocenters. The first-order valence-electron chi connectivity index (χ1n) is 9.70. The van der Waals surface area contributed by atoms with Crippen molar-refractivity contribution in [3.8, 4) is 0 Å². The molecule has 1 aromatic carbocycles. The van der Waals surface area contributed by atoms with Crippen molar-refractivity contribution in [1.82, 2.24) is 14.8 Å². The van der Waals surface area contributed by atoms with Gasteiger partial charge in [-0.25, -0.2) is 0 Å². The Morgan fingerprint density at radius 3 is 2.71 bits per heavy atom. The third-order valence-electron chi connectivity index (χ3n) is 5.42. The summed E-state index contributed by atoms with van der Waals surface area (Å²) in [5, 5.41) is 0.615. The zero-order chi connectivity index (χ0) is 20.1. The maximum Gasteiger partial charge on any atom is 0.227 e. The van der Waals surface area contributed by atoms with Crippen molar-refractivity contribution < 1.29 is 9.59 Å². The van der Waals surface area contributed by atoms with E-state index in [1.807, 2.05) is 55.3 Å². The minimum Gasteiger partial charge on any atom is -0.345 e. The Morgan fingerprint density at radius 1 is 1.29 bits per heavy atom. The van der Waals surface area contributed by atoms with Crippen molar-refractivity contribution in [3.05, 3.63) is 64.9 Å². The summed E-state index contributed by atoms with van der Waals surface area (Å²) < 4.78 is 0. The third-order valence-corrected chi connectivity index (χ3v) is 5.65. The van der Waals surface area contributed by atoms with Gasteiger partial charge in [-0.1, -0.05) is 23.7 Å². The maximum absolute atomic E-state index is 13.3. The van der Waals surface area contributed by atoms with E-state index in [4.69, 9.17) is 11.6 Å². The molecule has 148 valence electrons. The van der Waals surface area contributed by atoms with Crippen LogP contribution in [-0.2, 0) is 16.0 Å². The number of aromatic nitrogens is 1. The Bertz CT molecular complexity index is 828. The van der Waals surface area contributed by atoms with Crippen molar-refractivity contribution in [2.24, 2.45) is 5.92 Å². The topological polar surface area (TPSA) is 53.5 Å². The van der Waals surface area contributed by atoms with Crippen LogP contribution in [-0.4, -0.2) is 46.7 Å². The van der Waals surface area contributed by atoms with Gasteiger partial charge in [0, 0.05) is 44.0 Å². The van der Waals surface area contributed by atoms with E-state index in [9.17, 15) is 9.59 Å². The Morgan fingerprint density at radius 2 is 2.04 bits per heavy atom. The van der Waals surface area contributed by atoms with Crippen LogP contribution in [0.3, 0.4) is 0 Å². The van der Waals surface area contributed by atoms with E-state index in [2.05, 4.69) is 4.98 Å². The molecule has 0 saturated carbocycles. The summed E-state index contributed by atoms with van der Waals surface area (Å²) in [4.78, 5) is 33.4. The predicted octanol–water partition coefficient (Wildman–Crippen LogP) is 3.74. The molecular weight excluding hydrogens is 374 g/mol. The zero-order valence-corrected chi connectivity index (χ0v) is 17.1. The lowest BCUT2D eigenvalue weighted by atomic mass is 9.83. The van der Waals surface area contributed by atoms with E-state index < -0.39 is 0 Å². The highest BCUT2D eigenvalue weighted by molar-refractivity contribution is 6.30. The molecule has 1 saturated heterocycles. The number of benzene rings is 1. The van der Waals surface area contributed by atoms with Crippen LogP contribution in [0.5, 0.6) is 0 Å². The molecule has 5 nitrogen and oxygen atoms in total. The first-order valence-corrected chi connectivity index (χ1v) is 10.1. The quantitative estimate of drug-likeness (QED) is 0.743. The summed E-state index contributed by atoms with van der Waals surface area (Å²) >= 11 is 6.19. The molecule has 0 aliphatic carbocycles. The minimum absolute atomic E-state index is 0.0741. The summed E-state index contributed by atoms with van der Waals surface area (Å²) in [7, 11) is 1.84. The van der Waals surface area contributed by atoms with Gasteiger partial charge in [0.15, 0.2) is 0 Å². The number of pyridine rings is 1. The van der Waals surface area contributed by atoms with E-state index in [1.165, 1.54) is 0 Å². The van der Waals surface area contributed by atoms with E-state index in [0.717, 1.165) is 17.5 Å². The van der Waals surface area contributed by atoms with Crippen molar-refractivity contribution in [2.45, 2.75) is 32.2 Å². The first-order chi connectivity index (χ1) is 13.5. The molecule has 1 aliphatic heterocycles. The molecule has 0 N–H and O–H groups in total. The van der Waals surface area contributed by atoms with Gasteiger partial charge in [0.25, 0.3) is 0 Å². The molecule has 1 aliphatic rings. The maximum atomic E-state index is 13.3. The first kappa shape index (κ1) is 20.3. The number of hydrogen-bond acceptors (Lipinski definition) is 3. The molecule has 1 fully saturated rings. The fourth-order valence-corrected chi connectivity index (χ4v) is 4.13. The van der Waals surface area contributed by atoms with Gasteiger partial charge in [0.2, 0.25) is 11.8 Å². The molecule has 6 heteroatoms. The summed E-state index contributed by atoms with van der Waals surface area (Å²) in [5.41, 5.74) is 2.07. The SMILES string of the molecule is CCN1C(=O)CC[C@@H](C(=O)N(C)CCc2ccncc2)[C@@H]1c1cccc(Cl)c1. The zero-order valence-electron chi connectivity index (χ0n) is 16.3. The number of halogens is 1. The fraction of sp³-hybridized carbons (Fsp3) is 0.409. The van der Waals surface area contributed by atoms with Gasteiger partial charge in [-0.05, 0) is 55.2 Å². The second-order valence-corrected chi connectivity index (χ2v) is 7.63. The monoisotopic (exact) mass is 399 g/mol. The van der Waals surface area contributed by atoms with Crippen molar-refractivity contribution in [1.29, 1.82) is 0 Å². The number of hydrogen-bond donors (Lipinski definition) is 0. The van der Waals surface area contributed by atoms with Gasteiger partial charge in [0.1, 0.15) is 0 Å². The van der Waals surface area contributed by atoms with Crippen LogP contribution in [0.1, 0.15) is 36.9 Å².